The third-order valence-electron chi connectivity index (χ3n) is 1.45. The normalized spacial score (nSPS) is 10.2. The van der Waals surface area contributed by atoms with Crippen LogP contribution in [-0.2, 0) is 0 Å². The lowest BCUT2D eigenvalue weighted by Crippen LogP contribution is -1.97. The number of anilines is 1. The minimum atomic E-state index is 0.464. The summed E-state index contributed by atoms with van der Waals surface area (Å²) in [7, 11) is 0. The summed E-state index contributed by atoms with van der Waals surface area (Å²) < 4.78 is 6.63. The van der Waals surface area contributed by atoms with E-state index < -0.39 is 0 Å². The van der Waals surface area contributed by atoms with Crippen LogP contribution in [0.1, 0.15) is 0 Å². The third kappa shape index (κ3) is 0.881. The van der Waals surface area contributed by atoms with Gasteiger partial charge in [0, 0.05) is 18.5 Å². The van der Waals surface area contributed by atoms with Gasteiger partial charge in [0.2, 0.25) is 5.95 Å². The first-order valence-corrected chi connectivity index (χ1v) is 3.19. The molecule has 0 atom stereocenters. The SMILES string of the molecule is Nc1nccn1-c1ccoc1. The molecule has 0 spiro atoms. The number of nitrogens with two attached hydrogens (primary N) is 1. The number of imidazole rings is 1. The van der Waals surface area contributed by atoms with Crippen LogP contribution in [0, 0.1) is 0 Å². The van der Waals surface area contributed by atoms with Crippen LogP contribution in [0.15, 0.2) is 35.4 Å². The van der Waals surface area contributed by atoms with Gasteiger partial charge in [0.25, 0.3) is 0 Å². The second-order valence-corrected chi connectivity index (χ2v) is 2.14. The Labute approximate surface area is 63.3 Å². The van der Waals surface area contributed by atoms with Crippen molar-refractivity contribution >= 4 is 5.95 Å². The van der Waals surface area contributed by atoms with Crippen LogP contribution in [0.2, 0.25) is 0 Å². The molecule has 0 fully saturated rings. The lowest BCUT2D eigenvalue weighted by atomic mass is 10.5. The second-order valence-electron chi connectivity index (χ2n) is 2.14. The van der Waals surface area contributed by atoms with E-state index in [4.69, 9.17) is 10.2 Å². The monoisotopic (exact) mass is 149 g/mol. The molecule has 0 aliphatic rings. The molecule has 0 bridgehead atoms. The molecule has 56 valence electrons. The molecule has 0 saturated heterocycles. The van der Waals surface area contributed by atoms with E-state index in [9.17, 15) is 0 Å². The third-order valence-corrected chi connectivity index (χ3v) is 1.45. The van der Waals surface area contributed by atoms with Gasteiger partial charge in [-0.2, -0.15) is 0 Å². The van der Waals surface area contributed by atoms with Crippen molar-refractivity contribution in [2.75, 3.05) is 5.73 Å². The zero-order valence-corrected chi connectivity index (χ0v) is 5.77. The molecule has 0 amide bonds. The van der Waals surface area contributed by atoms with Gasteiger partial charge in [-0.3, -0.25) is 4.57 Å². The molecular weight excluding hydrogens is 142 g/mol. The number of hydrogen-bond donors (Lipinski definition) is 1. The Bertz CT molecular complexity index is 336. The molecule has 0 aliphatic carbocycles. The molecule has 0 unspecified atom stereocenters. The first-order chi connectivity index (χ1) is 5.38. The molecule has 0 aliphatic heterocycles. The Kier molecular flexibility index (Phi) is 1.18. The van der Waals surface area contributed by atoms with Crippen LogP contribution >= 0.6 is 0 Å². The number of furan rings is 1. The smallest absolute Gasteiger partial charge is 0.204 e. The molecule has 4 heteroatoms. The Hall–Kier alpha value is -1.71. The predicted molar refractivity (Wildman–Crippen MR) is 40.2 cm³/mol. The average molecular weight is 149 g/mol. The summed E-state index contributed by atoms with van der Waals surface area (Å²) in [6.45, 7) is 0. The number of nitrogens with zero attached hydrogens (tertiary/aromatic N) is 2. The predicted octanol–water partition coefficient (Wildman–Crippen LogP) is 1.05. The Balaban J connectivity index is 2.53. The van der Waals surface area contributed by atoms with Gasteiger partial charge in [-0.05, 0) is 0 Å². The van der Waals surface area contributed by atoms with Crippen LogP contribution in [0.5, 0.6) is 0 Å². The van der Waals surface area contributed by atoms with Crippen molar-refractivity contribution in [3.05, 3.63) is 31.0 Å². The van der Waals surface area contributed by atoms with Crippen molar-refractivity contribution in [3.63, 3.8) is 0 Å². The zero-order valence-electron chi connectivity index (χ0n) is 5.77. The summed E-state index contributed by atoms with van der Waals surface area (Å²) >= 11 is 0. The lowest BCUT2D eigenvalue weighted by Gasteiger charge is -1.97. The fraction of sp³-hybridized carbons (Fsp3) is 0. The van der Waals surface area contributed by atoms with Gasteiger partial charge in [0.05, 0.1) is 12.0 Å². The van der Waals surface area contributed by atoms with E-state index >= 15 is 0 Å². The first-order valence-electron chi connectivity index (χ1n) is 3.19. The quantitative estimate of drug-likeness (QED) is 0.659. The van der Waals surface area contributed by atoms with E-state index in [1.54, 1.807) is 29.5 Å². The van der Waals surface area contributed by atoms with Crippen LogP contribution < -0.4 is 5.73 Å². The topological polar surface area (TPSA) is 57.0 Å². The average Bonchev–Trinajstić information content (AvgIpc) is 2.55. The van der Waals surface area contributed by atoms with Gasteiger partial charge < -0.3 is 10.2 Å². The fourth-order valence-electron chi connectivity index (χ4n) is 0.928. The Morgan fingerprint density at radius 2 is 2.45 bits per heavy atom. The van der Waals surface area contributed by atoms with Crippen LogP contribution in [-0.4, -0.2) is 9.55 Å². The van der Waals surface area contributed by atoms with Crippen LogP contribution in [0.4, 0.5) is 5.95 Å². The highest BCUT2D eigenvalue weighted by molar-refractivity contribution is 5.35. The number of nitrogen functional groups attached to an aromatic ring is 1. The molecule has 2 rings (SSSR count). The maximum absolute atomic E-state index is 5.54. The molecule has 0 saturated carbocycles. The molecule has 0 aromatic carbocycles. The van der Waals surface area contributed by atoms with Gasteiger partial charge >= 0.3 is 0 Å². The van der Waals surface area contributed by atoms with E-state index in [2.05, 4.69) is 4.98 Å². The fourth-order valence-corrected chi connectivity index (χ4v) is 0.928. The second kappa shape index (κ2) is 2.16. The van der Waals surface area contributed by atoms with Gasteiger partial charge in [-0.15, -0.1) is 0 Å². The highest BCUT2D eigenvalue weighted by Crippen LogP contribution is 2.11. The number of aromatic nitrogens is 2. The van der Waals surface area contributed by atoms with Crippen LogP contribution in [0.25, 0.3) is 5.69 Å². The summed E-state index contributed by atoms with van der Waals surface area (Å²) in [5, 5.41) is 0. The summed E-state index contributed by atoms with van der Waals surface area (Å²) in [6, 6.07) is 1.82. The van der Waals surface area contributed by atoms with E-state index in [1.165, 1.54) is 0 Å². The lowest BCUT2D eigenvalue weighted by molar-refractivity contribution is 0.566. The van der Waals surface area contributed by atoms with E-state index in [-0.39, 0.29) is 0 Å². The number of rotatable bonds is 1. The van der Waals surface area contributed by atoms with E-state index in [0.717, 1.165) is 5.69 Å². The number of hydrogen-bond acceptors (Lipinski definition) is 3. The summed E-state index contributed by atoms with van der Waals surface area (Å²) in [6.07, 6.45) is 6.62. The molecule has 2 aromatic heterocycles. The molecule has 0 radical (unpaired) electrons. The Morgan fingerprint density at radius 1 is 1.55 bits per heavy atom. The summed E-state index contributed by atoms with van der Waals surface area (Å²) in [5.41, 5.74) is 6.43. The van der Waals surface area contributed by atoms with Crippen molar-refractivity contribution < 1.29 is 4.42 Å². The highest BCUT2D eigenvalue weighted by Gasteiger charge is 1.99. The maximum atomic E-state index is 5.54. The zero-order chi connectivity index (χ0) is 7.68. The standard InChI is InChI=1S/C7H7N3O/c8-7-9-2-3-10(7)6-1-4-11-5-6/h1-5H,(H2,8,9). The maximum Gasteiger partial charge on any atom is 0.204 e. The molecule has 11 heavy (non-hydrogen) atoms. The van der Waals surface area contributed by atoms with Crippen molar-refractivity contribution in [3.8, 4) is 5.69 Å². The first kappa shape index (κ1) is 6.03. The van der Waals surface area contributed by atoms with Crippen molar-refractivity contribution in [2.24, 2.45) is 0 Å². The molecule has 4 nitrogen and oxygen atoms in total. The van der Waals surface area contributed by atoms with E-state index in [0.29, 0.717) is 5.95 Å². The van der Waals surface area contributed by atoms with E-state index in [1.807, 2.05) is 6.07 Å². The molecule has 2 N–H and O–H groups in total. The molecular formula is C7H7N3O. The van der Waals surface area contributed by atoms with Gasteiger partial charge in [-0.1, -0.05) is 0 Å². The minimum Gasteiger partial charge on any atom is -0.470 e. The van der Waals surface area contributed by atoms with Gasteiger partial charge in [-0.25, -0.2) is 4.98 Å². The molecule has 2 heterocycles. The van der Waals surface area contributed by atoms with Crippen LogP contribution in [0.3, 0.4) is 0 Å². The molecule has 2 aromatic rings. The van der Waals surface area contributed by atoms with Crippen molar-refractivity contribution in [2.45, 2.75) is 0 Å². The summed E-state index contributed by atoms with van der Waals surface area (Å²) in [5.74, 6) is 0.464. The highest BCUT2D eigenvalue weighted by atomic mass is 16.3. The van der Waals surface area contributed by atoms with Gasteiger partial charge in [0.15, 0.2) is 0 Å². The minimum absolute atomic E-state index is 0.464. The van der Waals surface area contributed by atoms with Crippen molar-refractivity contribution in [1.29, 1.82) is 0 Å². The van der Waals surface area contributed by atoms with Gasteiger partial charge in [0.1, 0.15) is 6.26 Å². The Morgan fingerprint density at radius 3 is 3.00 bits per heavy atom. The largest absolute Gasteiger partial charge is 0.470 e. The van der Waals surface area contributed by atoms with Crippen molar-refractivity contribution in [1.82, 2.24) is 9.55 Å². The summed E-state index contributed by atoms with van der Waals surface area (Å²) in [4.78, 5) is 3.87.